The molecule has 2 aromatic heterocycles. The molecule has 0 spiro atoms. The zero-order valence-electron chi connectivity index (χ0n) is 13.7. The number of hydrogen-bond acceptors (Lipinski definition) is 4. The van der Waals surface area contributed by atoms with Gasteiger partial charge >= 0.3 is 5.63 Å². The highest BCUT2D eigenvalue weighted by molar-refractivity contribution is 7.80. The lowest BCUT2D eigenvalue weighted by molar-refractivity contribution is 0.560. The van der Waals surface area contributed by atoms with Crippen molar-refractivity contribution in [2.45, 2.75) is 27.3 Å². The SMILES string of the molecule is CCn1ncc(NC(=S)Nc2ccc3c(C)cc(=O)oc3c2)c1C. The Morgan fingerprint density at radius 1 is 1.29 bits per heavy atom. The lowest BCUT2D eigenvalue weighted by Gasteiger charge is -2.11. The van der Waals surface area contributed by atoms with Crippen molar-refractivity contribution < 1.29 is 4.42 Å². The summed E-state index contributed by atoms with van der Waals surface area (Å²) < 4.78 is 7.13. The first kappa shape index (κ1) is 16.2. The van der Waals surface area contributed by atoms with Crippen LogP contribution in [-0.2, 0) is 6.54 Å². The van der Waals surface area contributed by atoms with Gasteiger partial charge < -0.3 is 15.1 Å². The molecule has 0 saturated heterocycles. The van der Waals surface area contributed by atoms with Crippen molar-refractivity contribution in [2.75, 3.05) is 10.6 Å². The minimum absolute atomic E-state index is 0.361. The Balaban J connectivity index is 1.80. The minimum atomic E-state index is -0.361. The Morgan fingerprint density at radius 3 is 2.79 bits per heavy atom. The van der Waals surface area contributed by atoms with Crippen LogP contribution in [0, 0.1) is 13.8 Å². The predicted molar refractivity (Wildman–Crippen MR) is 99.7 cm³/mol. The normalized spacial score (nSPS) is 10.8. The summed E-state index contributed by atoms with van der Waals surface area (Å²) in [5.41, 5.74) is 3.67. The molecule has 3 aromatic rings. The van der Waals surface area contributed by atoms with E-state index in [0.717, 1.165) is 34.6 Å². The summed E-state index contributed by atoms with van der Waals surface area (Å²) in [6.07, 6.45) is 1.75. The van der Waals surface area contributed by atoms with E-state index in [2.05, 4.69) is 15.7 Å². The first-order chi connectivity index (χ1) is 11.5. The van der Waals surface area contributed by atoms with Gasteiger partial charge in [0.1, 0.15) is 5.58 Å². The molecule has 0 radical (unpaired) electrons. The molecule has 0 atom stereocenters. The van der Waals surface area contributed by atoms with Crippen molar-refractivity contribution in [2.24, 2.45) is 0 Å². The molecule has 0 saturated carbocycles. The standard InChI is InChI=1S/C17H18N4O2S/c1-4-21-11(3)14(9-18-21)20-17(24)19-12-5-6-13-10(2)7-16(22)23-15(13)8-12/h5-9H,4H2,1-3H3,(H2,19,20,24). The highest BCUT2D eigenvalue weighted by Crippen LogP contribution is 2.21. The molecule has 0 aliphatic heterocycles. The number of nitrogens with zero attached hydrogens (tertiary/aromatic N) is 2. The first-order valence-corrected chi connectivity index (χ1v) is 8.03. The van der Waals surface area contributed by atoms with E-state index in [1.807, 2.05) is 37.6 Å². The smallest absolute Gasteiger partial charge is 0.336 e. The molecule has 0 fully saturated rings. The number of benzene rings is 1. The lowest BCUT2D eigenvalue weighted by atomic mass is 10.1. The zero-order chi connectivity index (χ0) is 17.3. The topological polar surface area (TPSA) is 72.1 Å². The van der Waals surface area contributed by atoms with E-state index in [1.54, 1.807) is 12.3 Å². The van der Waals surface area contributed by atoms with Crippen molar-refractivity contribution in [3.63, 3.8) is 0 Å². The van der Waals surface area contributed by atoms with Crippen LogP contribution in [-0.4, -0.2) is 14.9 Å². The zero-order valence-corrected chi connectivity index (χ0v) is 14.5. The molecular weight excluding hydrogens is 324 g/mol. The highest BCUT2D eigenvalue weighted by Gasteiger charge is 2.08. The largest absolute Gasteiger partial charge is 0.423 e. The van der Waals surface area contributed by atoms with Crippen LogP contribution in [0.25, 0.3) is 11.0 Å². The van der Waals surface area contributed by atoms with Crippen LogP contribution in [0.15, 0.2) is 39.7 Å². The van der Waals surface area contributed by atoms with Gasteiger partial charge in [0.05, 0.1) is 17.6 Å². The van der Waals surface area contributed by atoms with Crippen LogP contribution in [0.4, 0.5) is 11.4 Å². The third kappa shape index (κ3) is 3.16. The molecule has 0 aliphatic rings. The van der Waals surface area contributed by atoms with Crippen molar-refractivity contribution in [3.05, 3.63) is 52.1 Å². The number of aromatic nitrogens is 2. The maximum Gasteiger partial charge on any atom is 0.336 e. The molecule has 7 heteroatoms. The summed E-state index contributed by atoms with van der Waals surface area (Å²) in [6, 6.07) is 7.04. The van der Waals surface area contributed by atoms with Crippen LogP contribution in [0.3, 0.4) is 0 Å². The van der Waals surface area contributed by atoms with Crippen molar-refractivity contribution in [3.8, 4) is 0 Å². The van der Waals surface area contributed by atoms with Crippen molar-refractivity contribution in [1.29, 1.82) is 0 Å². The lowest BCUT2D eigenvalue weighted by Crippen LogP contribution is -2.19. The Kier molecular flexibility index (Phi) is 4.35. The van der Waals surface area contributed by atoms with E-state index in [9.17, 15) is 4.79 Å². The fraction of sp³-hybridized carbons (Fsp3) is 0.235. The van der Waals surface area contributed by atoms with Gasteiger partial charge in [-0.05, 0) is 50.7 Å². The number of thiocarbonyl (C=S) groups is 1. The predicted octanol–water partition coefficient (Wildman–Crippen LogP) is 3.44. The molecule has 0 unspecified atom stereocenters. The van der Waals surface area contributed by atoms with Crippen LogP contribution in [0.1, 0.15) is 18.2 Å². The van der Waals surface area contributed by atoms with E-state index in [-0.39, 0.29) is 5.63 Å². The molecule has 0 amide bonds. The minimum Gasteiger partial charge on any atom is -0.423 e. The number of rotatable bonds is 3. The third-order valence-electron chi connectivity index (χ3n) is 3.86. The molecule has 2 N–H and O–H groups in total. The molecule has 0 aliphatic carbocycles. The van der Waals surface area contributed by atoms with Gasteiger partial charge in [-0.3, -0.25) is 4.68 Å². The summed E-state index contributed by atoms with van der Waals surface area (Å²) in [5.74, 6) is 0. The number of fused-ring (bicyclic) bond motifs is 1. The summed E-state index contributed by atoms with van der Waals surface area (Å²) in [7, 11) is 0. The molecule has 124 valence electrons. The van der Waals surface area contributed by atoms with E-state index in [4.69, 9.17) is 16.6 Å². The number of hydrogen-bond donors (Lipinski definition) is 2. The van der Waals surface area contributed by atoms with Crippen LogP contribution < -0.4 is 16.3 Å². The van der Waals surface area contributed by atoms with Crippen LogP contribution >= 0.6 is 12.2 Å². The second-order valence-corrected chi connectivity index (χ2v) is 5.91. The van der Waals surface area contributed by atoms with Gasteiger partial charge in [-0.25, -0.2) is 4.79 Å². The van der Waals surface area contributed by atoms with Gasteiger partial charge in [0.25, 0.3) is 0 Å². The fourth-order valence-corrected chi connectivity index (χ4v) is 2.80. The van der Waals surface area contributed by atoms with Crippen LogP contribution in [0.5, 0.6) is 0 Å². The van der Waals surface area contributed by atoms with Gasteiger partial charge in [0, 0.05) is 29.8 Å². The Hall–Kier alpha value is -2.67. The second-order valence-electron chi connectivity index (χ2n) is 5.50. The molecule has 2 heterocycles. The van der Waals surface area contributed by atoms with Crippen LogP contribution in [0.2, 0.25) is 0 Å². The molecule has 0 bridgehead atoms. The van der Waals surface area contributed by atoms with Gasteiger partial charge in [0.2, 0.25) is 0 Å². The number of anilines is 2. The fourth-order valence-electron chi connectivity index (χ4n) is 2.58. The van der Waals surface area contributed by atoms with E-state index in [0.29, 0.717) is 10.7 Å². The maximum atomic E-state index is 11.5. The molecule has 3 rings (SSSR count). The quantitative estimate of drug-likeness (QED) is 0.561. The summed E-state index contributed by atoms with van der Waals surface area (Å²) >= 11 is 5.35. The monoisotopic (exact) mass is 342 g/mol. The second kappa shape index (κ2) is 6.45. The number of nitrogens with one attached hydrogen (secondary N) is 2. The van der Waals surface area contributed by atoms with Crippen molar-refractivity contribution >= 4 is 39.7 Å². The molecule has 6 nitrogen and oxygen atoms in total. The molecular formula is C17H18N4O2S. The first-order valence-electron chi connectivity index (χ1n) is 7.63. The number of aryl methyl sites for hydroxylation is 2. The molecule has 24 heavy (non-hydrogen) atoms. The van der Waals surface area contributed by atoms with Gasteiger partial charge in [-0.15, -0.1) is 0 Å². The Labute approximate surface area is 144 Å². The van der Waals surface area contributed by atoms with Gasteiger partial charge in [0.15, 0.2) is 5.11 Å². The van der Waals surface area contributed by atoms with E-state index >= 15 is 0 Å². The summed E-state index contributed by atoms with van der Waals surface area (Å²) in [5, 5.41) is 11.8. The molecule has 1 aromatic carbocycles. The average Bonchev–Trinajstić information content (AvgIpc) is 2.87. The average molecular weight is 342 g/mol. The third-order valence-corrected chi connectivity index (χ3v) is 4.06. The highest BCUT2D eigenvalue weighted by atomic mass is 32.1. The van der Waals surface area contributed by atoms with E-state index < -0.39 is 0 Å². The van der Waals surface area contributed by atoms with Gasteiger partial charge in [-0.2, -0.15) is 5.10 Å². The summed E-state index contributed by atoms with van der Waals surface area (Å²) in [6.45, 7) is 6.70. The summed E-state index contributed by atoms with van der Waals surface area (Å²) in [4.78, 5) is 11.5. The van der Waals surface area contributed by atoms with E-state index in [1.165, 1.54) is 6.07 Å². The Bertz CT molecular complexity index is 974. The maximum absolute atomic E-state index is 11.5. The Morgan fingerprint density at radius 2 is 2.08 bits per heavy atom. The van der Waals surface area contributed by atoms with Gasteiger partial charge in [-0.1, -0.05) is 0 Å². The van der Waals surface area contributed by atoms with Crippen molar-refractivity contribution in [1.82, 2.24) is 9.78 Å².